The van der Waals surface area contributed by atoms with Gasteiger partial charge >= 0.3 is 0 Å². The van der Waals surface area contributed by atoms with Crippen LogP contribution in [0.15, 0.2) is 0 Å². The Hall–Kier alpha value is -0.570. The van der Waals surface area contributed by atoms with E-state index in [1.54, 1.807) is 6.92 Å². The molecule has 2 N–H and O–H groups in total. The molecule has 0 aliphatic carbocycles. The highest BCUT2D eigenvalue weighted by molar-refractivity contribution is 5.76. The minimum absolute atomic E-state index is 0.0926. The smallest absolute Gasteiger partial charge is 0.222 e. The maximum absolute atomic E-state index is 10.8. The highest BCUT2D eigenvalue weighted by atomic mass is 16.3. The molecule has 0 aromatic carbocycles. The lowest BCUT2D eigenvalue weighted by atomic mass is 10.2. The van der Waals surface area contributed by atoms with Crippen LogP contribution in [-0.4, -0.2) is 23.2 Å². The Morgan fingerprint density at radius 2 is 2.00 bits per heavy atom. The molecule has 0 fully saturated rings. The van der Waals surface area contributed by atoms with Gasteiger partial charge in [-0.25, -0.2) is 0 Å². The Morgan fingerprint density at radius 3 is 2.30 bits per heavy atom. The largest absolute Gasteiger partial charge is 0.393 e. The van der Waals surface area contributed by atoms with Crippen molar-refractivity contribution in [3.8, 4) is 0 Å². The molecule has 0 saturated heterocycles. The Kier molecular flexibility index (Phi) is 4.03. The van der Waals surface area contributed by atoms with Gasteiger partial charge in [0.25, 0.3) is 0 Å². The number of carbonyl (C=O) groups excluding carboxylic acids is 1. The van der Waals surface area contributed by atoms with Crippen LogP contribution >= 0.6 is 0 Å². The van der Waals surface area contributed by atoms with Crippen molar-refractivity contribution in [1.29, 1.82) is 0 Å². The molecule has 0 aromatic rings. The summed E-state index contributed by atoms with van der Waals surface area (Å²) in [7, 11) is 0. The fourth-order valence-corrected chi connectivity index (χ4v) is 0.649. The number of amides is 1. The minimum atomic E-state index is -0.543. The fourth-order valence-electron chi connectivity index (χ4n) is 0.649. The van der Waals surface area contributed by atoms with Crippen LogP contribution in [0.2, 0.25) is 0 Å². The van der Waals surface area contributed by atoms with Gasteiger partial charge in [0.05, 0.1) is 12.5 Å². The zero-order chi connectivity index (χ0) is 8.15. The second kappa shape index (κ2) is 4.28. The van der Waals surface area contributed by atoms with Crippen molar-refractivity contribution < 1.29 is 9.90 Å². The van der Waals surface area contributed by atoms with Gasteiger partial charge in [-0.2, -0.15) is 0 Å². The quantitative estimate of drug-likeness (QED) is 0.599. The van der Waals surface area contributed by atoms with Crippen molar-refractivity contribution in [2.45, 2.75) is 39.3 Å². The summed E-state index contributed by atoms with van der Waals surface area (Å²) in [6.07, 6.45) is -0.350. The molecule has 10 heavy (non-hydrogen) atoms. The van der Waals surface area contributed by atoms with E-state index in [0.29, 0.717) is 0 Å². The van der Waals surface area contributed by atoms with Crippen LogP contribution in [0.25, 0.3) is 0 Å². The first-order chi connectivity index (χ1) is 4.52. The summed E-state index contributed by atoms with van der Waals surface area (Å²) in [4.78, 5) is 10.8. The van der Waals surface area contributed by atoms with E-state index in [9.17, 15) is 4.79 Å². The number of rotatable bonds is 3. The van der Waals surface area contributed by atoms with Gasteiger partial charge in [0, 0.05) is 6.04 Å². The van der Waals surface area contributed by atoms with Crippen molar-refractivity contribution in [2.24, 2.45) is 0 Å². The number of hydrogen-bond acceptors (Lipinski definition) is 2. The van der Waals surface area contributed by atoms with Crippen molar-refractivity contribution in [1.82, 2.24) is 5.32 Å². The monoisotopic (exact) mass is 145 g/mol. The topological polar surface area (TPSA) is 49.3 Å². The Bertz CT molecular complexity index is 98.2. The summed E-state index contributed by atoms with van der Waals surface area (Å²) in [6.45, 7) is 5.37. The molecule has 0 aliphatic rings. The van der Waals surface area contributed by atoms with E-state index in [1.807, 2.05) is 13.8 Å². The lowest BCUT2D eigenvalue weighted by Gasteiger charge is -2.08. The van der Waals surface area contributed by atoms with Gasteiger partial charge in [0.2, 0.25) is 5.91 Å². The van der Waals surface area contributed by atoms with Gasteiger partial charge in [0.1, 0.15) is 0 Å². The third-order valence-electron chi connectivity index (χ3n) is 0.930. The molecule has 0 unspecified atom stereocenters. The third-order valence-corrected chi connectivity index (χ3v) is 0.930. The molecule has 60 valence electrons. The molecular weight excluding hydrogens is 130 g/mol. The van der Waals surface area contributed by atoms with Gasteiger partial charge in [-0.05, 0) is 20.8 Å². The van der Waals surface area contributed by atoms with Crippen LogP contribution < -0.4 is 5.32 Å². The van der Waals surface area contributed by atoms with Crippen LogP contribution in [0.3, 0.4) is 0 Å². The van der Waals surface area contributed by atoms with Crippen LogP contribution in [0, 0.1) is 0 Å². The van der Waals surface area contributed by atoms with Gasteiger partial charge in [-0.1, -0.05) is 0 Å². The summed E-state index contributed by atoms with van der Waals surface area (Å²) in [5.74, 6) is -0.0926. The average Bonchev–Trinajstić information content (AvgIpc) is 1.58. The van der Waals surface area contributed by atoms with E-state index in [0.717, 1.165) is 0 Å². The maximum Gasteiger partial charge on any atom is 0.222 e. The minimum Gasteiger partial charge on any atom is -0.393 e. The zero-order valence-electron chi connectivity index (χ0n) is 6.72. The normalized spacial score (nSPS) is 13.3. The summed E-state index contributed by atoms with van der Waals surface area (Å²) in [5.41, 5.74) is 0. The van der Waals surface area contributed by atoms with E-state index < -0.39 is 6.10 Å². The molecule has 3 nitrogen and oxygen atoms in total. The summed E-state index contributed by atoms with van der Waals surface area (Å²) in [5, 5.41) is 11.4. The van der Waals surface area contributed by atoms with Crippen molar-refractivity contribution in [3.05, 3.63) is 0 Å². The van der Waals surface area contributed by atoms with Gasteiger partial charge < -0.3 is 10.4 Å². The Labute approximate surface area is 61.4 Å². The molecule has 0 heterocycles. The second-order valence-corrected chi connectivity index (χ2v) is 2.78. The predicted molar refractivity (Wildman–Crippen MR) is 39.6 cm³/mol. The van der Waals surface area contributed by atoms with E-state index >= 15 is 0 Å². The second-order valence-electron chi connectivity index (χ2n) is 2.78. The van der Waals surface area contributed by atoms with E-state index in [4.69, 9.17) is 5.11 Å². The van der Waals surface area contributed by atoms with E-state index in [2.05, 4.69) is 5.32 Å². The first kappa shape index (κ1) is 9.43. The first-order valence-electron chi connectivity index (χ1n) is 3.49. The first-order valence-corrected chi connectivity index (χ1v) is 3.49. The van der Waals surface area contributed by atoms with Gasteiger partial charge in [-0.15, -0.1) is 0 Å². The molecule has 0 bridgehead atoms. The maximum atomic E-state index is 10.8. The lowest BCUT2D eigenvalue weighted by Crippen LogP contribution is -2.32. The Morgan fingerprint density at radius 1 is 1.50 bits per heavy atom. The van der Waals surface area contributed by atoms with Crippen molar-refractivity contribution in [3.63, 3.8) is 0 Å². The van der Waals surface area contributed by atoms with E-state index in [-0.39, 0.29) is 18.4 Å². The average molecular weight is 145 g/mol. The van der Waals surface area contributed by atoms with Gasteiger partial charge in [0.15, 0.2) is 0 Å². The number of nitrogens with one attached hydrogen (secondary N) is 1. The van der Waals surface area contributed by atoms with Crippen LogP contribution in [0.4, 0.5) is 0 Å². The molecule has 3 heteroatoms. The molecule has 1 amide bonds. The Balaban J connectivity index is 3.44. The molecule has 1 atom stereocenters. The molecule has 0 rings (SSSR count). The molecule has 0 spiro atoms. The number of carbonyl (C=O) groups is 1. The molecule has 0 aliphatic heterocycles. The SMILES string of the molecule is CC(C)NC(=O)C[C@@H](C)O. The highest BCUT2D eigenvalue weighted by Crippen LogP contribution is 1.89. The molecule has 0 aromatic heterocycles. The highest BCUT2D eigenvalue weighted by Gasteiger charge is 2.05. The van der Waals surface area contributed by atoms with Gasteiger partial charge in [-0.3, -0.25) is 4.79 Å². The number of aliphatic hydroxyl groups excluding tert-OH is 1. The van der Waals surface area contributed by atoms with Crippen LogP contribution in [0.1, 0.15) is 27.2 Å². The standard InChI is InChI=1S/C7H15NO2/c1-5(2)8-7(10)4-6(3)9/h5-6,9H,4H2,1-3H3,(H,8,10)/t6-/m1/s1. The number of hydrogen-bond donors (Lipinski definition) is 2. The van der Waals surface area contributed by atoms with Crippen molar-refractivity contribution >= 4 is 5.91 Å². The summed E-state index contributed by atoms with van der Waals surface area (Å²) >= 11 is 0. The molecular formula is C7H15NO2. The number of aliphatic hydroxyl groups is 1. The predicted octanol–water partition coefficient (Wildman–Crippen LogP) is 0.282. The third kappa shape index (κ3) is 5.56. The van der Waals surface area contributed by atoms with E-state index in [1.165, 1.54) is 0 Å². The zero-order valence-corrected chi connectivity index (χ0v) is 6.72. The van der Waals surface area contributed by atoms with Crippen molar-refractivity contribution in [2.75, 3.05) is 0 Å². The summed E-state index contributed by atoms with van der Waals surface area (Å²) < 4.78 is 0. The molecule has 0 radical (unpaired) electrons. The molecule has 0 saturated carbocycles. The lowest BCUT2D eigenvalue weighted by molar-refractivity contribution is -0.123. The fraction of sp³-hybridized carbons (Fsp3) is 0.857. The summed E-state index contributed by atoms with van der Waals surface area (Å²) in [6, 6.07) is 0.159. The van der Waals surface area contributed by atoms with Crippen LogP contribution in [0.5, 0.6) is 0 Å². The van der Waals surface area contributed by atoms with Crippen LogP contribution in [-0.2, 0) is 4.79 Å².